The highest BCUT2D eigenvalue weighted by Crippen LogP contribution is 2.41. The van der Waals surface area contributed by atoms with Crippen molar-refractivity contribution in [3.05, 3.63) is 84.7 Å². The van der Waals surface area contributed by atoms with Gasteiger partial charge < -0.3 is 0 Å². The Bertz CT molecular complexity index is 2250. The highest BCUT2D eigenvalue weighted by molar-refractivity contribution is 6.71. The molecule has 0 saturated heterocycles. The second-order valence-electron chi connectivity index (χ2n) is 11.0. The van der Waals surface area contributed by atoms with E-state index in [4.69, 9.17) is 67.8 Å². The minimum absolute atomic E-state index is 0.178. The summed E-state index contributed by atoms with van der Waals surface area (Å²) in [6, 6.07) is 25.6. The van der Waals surface area contributed by atoms with Gasteiger partial charge in [0.05, 0.1) is 11.0 Å². The lowest BCUT2D eigenvalue weighted by molar-refractivity contribution is 1.00. The summed E-state index contributed by atoms with van der Waals surface area (Å²) in [4.78, 5) is 4.76. The molecule has 0 fully saturated rings. The van der Waals surface area contributed by atoms with Crippen molar-refractivity contribution >= 4 is 139 Å². The Hall–Kier alpha value is -4.17. The molecule has 10 heteroatoms. The molecule has 7 rings (SSSR count). The van der Waals surface area contributed by atoms with Crippen molar-refractivity contribution in [2.24, 2.45) is 0 Å². The molecule has 7 aromatic rings. The van der Waals surface area contributed by atoms with Gasteiger partial charge in [0.2, 0.25) is 0 Å². The number of fused-ring (bicyclic) bond motifs is 3. The molecule has 16 radical (unpaired) electrons. The number of aromatic nitrogens is 2. The van der Waals surface area contributed by atoms with E-state index in [1.807, 2.05) is 85.8 Å². The Morgan fingerprint density at radius 2 is 0.932 bits per heavy atom. The van der Waals surface area contributed by atoms with Gasteiger partial charge in [-0.25, -0.2) is 4.98 Å². The standard InChI is InChI=1S/C34H16B8N2/c1-15-43-19-12-5-6-13-20(19)44(15)18-11-7-10-17(14-18)22-25-23(27(35)31(39)33(41)29(25)37)21(16-8-3-2-4-9-16)24-26(22)30(38)34(42)32(40)28(24)36/h2-14H,1H3. The van der Waals surface area contributed by atoms with Gasteiger partial charge in [0.25, 0.3) is 0 Å². The van der Waals surface area contributed by atoms with Gasteiger partial charge in [-0.15, -0.1) is 21.9 Å². The van der Waals surface area contributed by atoms with Crippen LogP contribution < -0.4 is 43.7 Å². The first-order valence-electron chi connectivity index (χ1n) is 14.0. The van der Waals surface area contributed by atoms with Crippen LogP contribution in [0.15, 0.2) is 78.9 Å². The van der Waals surface area contributed by atoms with E-state index in [0.29, 0.717) is 32.7 Å². The average molecular weight is 539 g/mol. The van der Waals surface area contributed by atoms with Crippen LogP contribution in [0.4, 0.5) is 0 Å². The van der Waals surface area contributed by atoms with E-state index in [9.17, 15) is 0 Å². The Kier molecular flexibility index (Phi) is 6.81. The fourth-order valence-electron chi connectivity index (χ4n) is 6.40. The number of rotatable bonds is 3. The van der Waals surface area contributed by atoms with E-state index < -0.39 is 0 Å². The maximum absolute atomic E-state index is 6.85. The number of imidazole rings is 1. The highest BCUT2D eigenvalue weighted by atomic mass is 15.1. The normalized spacial score (nSPS) is 11.6. The van der Waals surface area contributed by atoms with Crippen LogP contribution in [0.5, 0.6) is 0 Å². The van der Waals surface area contributed by atoms with E-state index in [1.54, 1.807) is 0 Å². The van der Waals surface area contributed by atoms with Gasteiger partial charge in [0.15, 0.2) is 0 Å². The van der Waals surface area contributed by atoms with Crippen LogP contribution in [0.3, 0.4) is 0 Å². The van der Waals surface area contributed by atoms with E-state index in [2.05, 4.69) is 4.57 Å². The fraction of sp³-hybridized carbons (Fsp3) is 0.0294. The van der Waals surface area contributed by atoms with Crippen LogP contribution in [0, 0.1) is 6.92 Å². The van der Waals surface area contributed by atoms with Gasteiger partial charge in [-0.1, -0.05) is 76.4 Å². The van der Waals surface area contributed by atoms with Gasteiger partial charge in [0, 0.05) is 5.69 Å². The summed E-state index contributed by atoms with van der Waals surface area (Å²) in [7, 11) is 53.2. The lowest BCUT2D eigenvalue weighted by Crippen LogP contribution is -2.50. The largest absolute Gasteiger partial charge is 0.297 e. The monoisotopic (exact) mass is 540 g/mol. The summed E-state index contributed by atoms with van der Waals surface area (Å²) in [5.74, 6) is 0.832. The lowest BCUT2D eigenvalue weighted by atomic mass is 9.59. The third kappa shape index (κ3) is 4.03. The minimum atomic E-state index is 0.178. The lowest BCUT2D eigenvalue weighted by Gasteiger charge is -2.28. The summed E-state index contributed by atoms with van der Waals surface area (Å²) >= 11 is 0. The number of hydrogen-bond acceptors (Lipinski definition) is 1. The van der Waals surface area contributed by atoms with Crippen molar-refractivity contribution in [2.45, 2.75) is 6.92 Å². The zero-order valence-corrected chi connectivity index (χ0v) is 24.0. The maximum Gasteiger partial charge on any atom is 0.113 e. The molecule has 0 amide bonds. The van der Waals surface area contributed by atoms with E-state index >= 15 is 0 Å². The Morgan fingerprint density at radius 1 is 0.477 bits per heavy atom. The van der Waals surface area contributed by atoms with Gasteiger partial charge in [-0.3, -0.25) is 4.57 Å². The molecule has 186 valence electrons. The van der Waals surface area contributed by atoms with Crippen molar-refractivity contribution in [3.8, 4) is 27.9 Å². The van der Waals surface area contributed by atoms with Crippen LogP contribution >= 0.6 is 0 Å². The van der Waals surface area contributed by atoms with E-state index in [1.165, 1.54) is 0 Å². The Labute approximate surface area is 267 Å². The SMILES string of the molecule is [B]c1c([B])c([B])c2c(-c3cccc(-n4c(C)nc5ccccc54)c3)c3c([B])c([B])c([B])c([B])c3c(-c3ccccc3)c2c1[B]. The summed E-state index contributed by atoms with van der Waals surface area (Å²) in [6.07, 6.45) is 0. The second-order valence-corrected chi connectivity index (χ2v) is 11.0. The molecular formula is C34H16B8N2. The number of nitrogens with zero attached hydrogens (tertiary/aromatic N) is 2. The van der Waals surface area contributed by atoms with Gasteiger partial charge in [0.1, 0.15) is 68.6 Å². The Balaban J connectivity index is 1.73. The fourth-order valence-corrected chi connectivity index (χ4v) is 6.40. The molecule has 0 aliphatic rings. The minimum Gasteiger partial charge on any atom is -0.297 e. The van der Waals surface area contributed by atoms with Crippen molar-refractivity contribution in [1.29, 1.82) is 0 Å². The first kappa shape index (κ1) is 28.6. The van der Waals surface area contributed by atoms with Crippen LogP contribution in [0.2, 0.25) is 0 Å². The van der Waals surface area contributed by atoms with Crippen LogP contribution in [0.1, 0.15) is 5.82 Å². The van der Waals surface area contributed by atoms with Crippen molar-refractivity contribution in [2.75, 3.05) is 0 Å². The quantitative estimate of drug-likeness (QED) is 0.215. The number of hydrogen-bond donors (Lipinski definition) is 0. The molecule has 2 nitrogen and oxygen atoms in total. The van der Waals surface area contributed by atoms with Crippen molar-refractivity contribution in [3.63, 3.8) is 0 Å². The molecule has 0 atom stereocenters. The van der Waals surface area contributed by atoms with Crippen LogP contribution in [0.25, 0.3) is 60.5 Å². The van der Waals surface area contributed by atoms with Gasteiger partial charge >= 0.3 is 0 Å². The molecule has 0 aliphatic heterocycles. The molecule has 0 unspecified atom stereocenters. The van der Waals surface area contributed by atoms with E-state index in [0.717, 1.165) is 33.7 Å². The summed E-state index contributed by atoms with van der Waals surface area (Å²) in [5.41, 5.74) is 7.47. The molecular weight excluding hydrogens is 523 g/mol. The zero-order valence-electron chi connectivity index (χ0n) is 24.0. The predicted molar refractivity (Wildman–Crippen MR) is 195 cm³/mol. The molecule has 44 heavy (non-hydrogen) atoms. The average Bonchev–Trinajstić information content (AvgIpc) is 3.39. The summed E-state index contributed by atoms with van der Waals surface area (Å²) in [6.45, 7) is 1.97. The first-order chi connectivity index (χ1) is 21.1. The topological polar surface area (TPSA) is 17.8 Å². The van der Waals surface area contributed by atoms with Crippen LogP contribution in [-0.2, 0) is 0 Å². The third-order valence-corrected chi connectivity index (χ3v) is 8.50. The molecule has 1 heterocycles. The number of para-hydroxylation sites is 2. The molecule has 0 N–H and O–H groups in total. The number of benzene rings is 6. The summed E-state index contributed by atoms with van der Waals surface area (Å²) in [5, 5.41) is 2.35. The Morgan fingerprint density at radius 3 is 1.48 bits per heavy atom. The van der Waals surface area contributed by atoms with Gasteiger partial charge in [-0.2, -0.15) is 0 Å². The second kappa shape index (κ2) is 10.5. The van der Waals surface area contributed by atoms with E-state index in [-0.39, 0.29) is 43.7 Å². The molecule has 0 aliphatic carbocycles. The smallest absolute Gasteiger partial charge is 0.113 e. The zero-order chi connectivity index (χ0) is 31.0. The molecule has 0 saturated carbocycles. The first-order valence-corrected chi connectivity index (χ1v) is 14.0. The van der Waals surface area contributed by atoms with Crippen molar-refractivity contribution in [1.82, 2.24) is 9.55 Å². The summed E-state index contributed by atoms with van der Waals surface area (Å²) < 4.78 is 2.09. The van der Waals surface area contributed by atoms with Crippen molar-refractivity contribution < 1.29 is 0 Å². The highest BCUT2D eigenvalue weighted by Gasteiger charge is 2.24. The molecule has 0 spiro atoms. The third-order valence-electron chi connectivity index (χ3n) is 8.50. The molecule has 1 aromatic heterocycles. The predicted octanol–water partition coefficient (Wildman–Crippen LogP) is -0.675. The molecule has 0 bridgehead atoms. The number of aryl methyl sites for hydroxylation is 1. The van der Waals surface area contributed by atoms with Crippen LogP contribution in [-0.4, -0.2) is 72.3 Å². The van der Waals surface area contributed by atoms with Gasteiger partial charge in [-0.05, 0) is 75.0 Å². The molecule has 6 aromatic carbocycles. The maximum atomic E-state index is 6.85.